The van der Waals surface area contributed by atoms with E-state index in [1.165, 1.54) is 12.1 Å². The van der Waals surface area contributed by atoms with Crippen LogP contribution in [0, 0.1) is 12.7 Å². The largest absolute Gasteiger partial charge is 0.352 e. The minimum Gasteiger partial charge on any atom is -0.352 e. The Morgan fingerprint density at radius 3 is 2.95 bits per heavy atom. The molecule has 2 aromatic rings. The van der Waals surface area contributed by atoms with E-state index < -0.39 is 5.82 Å². The van der Waals surface area contributed by atoms with E-state index in [1.807, 2.05) is 12.3 Å². The van der Waals surface area contributed by atoms with E-state index >= 15 is 0 Å². The molecule has 0 fully saturated rings. The topological polar surface area (TPSA) is 42.0 Å². The van der Waals surface area contributed by atoms with Crippen LogP contribution in [0.3, 0.4) is 0 Å². The fourth-order valence-corrected chi connectivity index (χ4v) is 2.56. The van der Waals surface area contributed by atoms with Gasteiger partial charge in [0.2, 0.25) is 0 Å². The smallest absolute Gasteiger partial charge is 0.251 e. The number of nitrogens with one attached hydrogen (secondary N) is 1. The molecule has 0 aliphatic rings. The van der Waals surface area contributed by atoms with Gasteiger partial charge in [-0.15, -0.1) is 11.3 Å². The van der Waals surface area contributed by atoms with Crippen molar-refractivity contribution in [3.05, 3.63) is 50.1 Å². The van der Waals surface area contributed by atoms with Crippen LogP contribution in [0.2, 0.25) is 0 Å². The zero-order valence-electron chi connectivity index (χ0n) is 10.2. The van der Waals surface area contributed by atoms with Crippen molar-refractivity contribution < 1.29 is 9.18 Å². The molecule has 0 aliphatic carbocycles. The minimum absolute atomic E-state index is 0.278. The summed E-state index contributed by atoms with van der Waals surface area (Å²) in [5, 5.41) is 5.71. The van der Waals surface area contributed by atoms with Crippen LogP contribution in [0.5, 0.6) is 0 Å². The quantitative estimate of drug-likeness (QED) is 0.925. The second-order valence-electron chi connectivity index (χ2n) is 4.02. The Labute approximate surface area is 123 Å². The molecule has 6 heteroatoms. The van der Waals surface area contributed by atoms with Gasteiger partial charge in [0.15, 0.2) is 0 Å². The van der Waals surface area contributed by atoms with Crippen molar-refractivity contribution in [3.63, 3.8) is 0 Å². The average molecular weight is 343 g/mol. The zero-order valence-corrected chi connectivity index (χ0v) is 12.6. The van der Waals surface area contributed by atoms with Crippen molar-refractivity contribution in [2.75, 3.05) is 6.54 Å². The van der Waals surface area contributed by atoms with Gasteiger partial charge in [-0.25, -0.2) is 9.37 Å². The molecule has 19 heavy (non-hydrogen) atoms. The van der Waals surface area contributed by atoms with Crippen molar-refractivity contribution in [2.45, 2.75) is 13.3 Å². The first-order valence-corrected chi connectivity index (χ1v) is 7.38. The number of carbonyl (C=O) groups is 1. The standard InChI is InChI=1S/C13H12BrFN2OS/c1-8-7-19-12(17-8)4-5-16-13(18)9-2-3-10(14)11(15)6-9/h2-3,6-7H,4-5H2,1H3,(H,16,18). The molecule has 0 saturated heterocycles. The number of thiazole rings is 1. The SMILES string of the molecule is Cc1csc(CCNC(=O)c2ccc(Br)c(F)c2)n1. The van der Waals surface area contributed by atoms with Gasteiger partial charge in [-0.3, -0.25) is 4.79 Å². The summed E-state index contributed by atoms with van der Waals surface area (Å²) >= 11 is 4.62. The van der Waals surface area contributed by atoms with E-state index in [4.69, 9.17) is 0 Å². The number of aryl methyl sites for hydroxylation is 1. The van der Waals surface area contributed by atoms with Gasteiger partial charge < -0.3 is 5.32 Å². The third-order valence-electron chi connectivity index (χ3n) is 2.47. The summed E-state index contributed by atoms with van der Waals surface area (Å²) in [7, 11) is 0. The number of carbonyl (C=O) groups excluding carboxylic acids is 1. The maximum atomic E-state index is 13.3. The molecule has 1 aromatic carbocycles. The van der Waals surface area contributed by atoms with Crippen LogP contribution in [0.4, 0.5) is 4.39 Å². The number of hydrogen-bond acceptors (Lipinski definition) is 3. The molecular weight excluding hydrogens is 331 g/mol. The third-order valence-corrected chi connectivity index (χ3v) is 4.14. The first-order valence-electron chi connectivity index (χ1n) is 5.70. The highest BCUT2D eigenvalue weighted by atomic mass is 79.9. The molecule has 0 spiro atoms. The van der Waals surface area contributed by atoms with Crippen molar-refractivity contribution in [3.8, 4) is 0 Å². The predicted molar refractivity (Wildman–Crippen MR) is 77.0 cm³/mol. The first kappa shape index (κ1) is 14.1. The zero-order chi connectivity index (χ0) is 13.8. The summed E-state index contributed by atoms with van der Waals surface area (Å²) in [6.45, 7) is 2.42. The lowest BCUT2D eigenvalue weighted by molar-refractivity contribution is 0.0953. The molecule has 0 unspecified atom stereocenters. The Bertz CT molecular complexity index is 600. The molecule has 3 nitrogen and oxygen atoms in total. The molecule has 1 amide bonds. The molecule has 2 rings (SSSR count). The Hall–Kier alpha value is -1.27. The maximum absolute atomic E-state index is 13.3. The molecule has 1 heterocycles. The van der Waals surface area contributed by atoms with E-state index in [0.717, 1.165) is 10.7 Å². The lowest BCUT2D eigenvalue weighted by atomic mass is 10.2. The molecular formula is C13H12BrFN2OS. The van der Waals surface area contributed by atoms with Crippen molar-refractivity contribution in [2.24, 2.45) is 0 Å². The van der Waals surface area contributed by atoms with Gasteiger partial charge in [0, 0.05) is 29.6 Å². The Balaban J connectivity index is 1.89. The van der Waals surface area contributed by atoms with Gasteiger partial charge in [-0.2, -0.15) is 0 Å². The van der Waals surface area contributed by atoms with Crippen molar-refractivity contribution >= 4 is 33.2 Å². The molecule has 100 valence electrons. The van der Waals surface area contributed by atoms with Gasteiger partial charge in [0.05, 0.1) is 9.48 Å². The Kier molecular flexibility index (Phi) is 4.66. The number of benzene rings is 1. The van der Waals surface area contributed by atoms with Gasteiger partial charge in [0.1, 0.15) is 5.82 Å². The van der Waals surface area contributed by atoms with Crippen LogP contribution in [0.25, 0.3) is 0 Å². The lowest BCUT2D eigenvalue weighted by Crippen LogP contribution is -2.25. The van der Waals surface area contributed by atoms with Crippen LogP contribution in [0.15, 0.2) is 28.1 Å². The third kappa shape index (κ3) is 3.84. The highest BCUT2D eigenvalue weighted by Gasteiger charge is 2.08. The van der Waals surface area contributed by atoms with Gasteiger partial charge in [0.25, 0.3) is 5.91 Å². The lowest BCUT2D eigenvalue weighted by Gasteiger charge is -2.04. The first-order chi connectivity index (χ1) is 9.06. The molecule has 0 aliphatic heterocycles. The van der Waals surface area contributed by atoms with Crippen LogP contribution in [0.1, 0.15) is 21.1 Å². The molecule has 1 aromatic heterocycles. The molecule has 0 bridgehead atoms. The summed E-state index contributed by atoms with van der Waals surface area (Å²) in [5.74, 6) is -0.720. The van der Waals surface area contributed by atoms with Crippen molar-refractivity contribution in [1.29, 1.82) is 0 Å². The van der Waals surface area contributed by atoms with Crippen LogP contribution < -0.4 is 5.32 Å². The van der Waals surface area contributed by atoms with Crippen LogP contribution in [-0.2, 0) is 6.42 Å². The second kappa shape index (κ2) is 6.25. The Morgan fingerprint density at radius 1 is 1.53 bits per heavy atom. The summed E-state index contributed by atoms with van der Waals surface area (Å²) in [5.41, 5.74) is 1.30. The van der Waals surface area contributed by atoms with Crippen LogP contribution in [-0.4, -0.2) is 17.4 Å². The molecule has 0 atom stereocenters. The molecule has 0 radical (unpaired) electrons. The monoisotopic (exact) mass is 342 g/mol. The Morgan fingerprint density at radius 2 is 2.32 bits per heavy atom. The van der Waals surface area contributed by atoms with E-state index in [1.54, 1.807) is 17.4 Å². The fourth-order valence-electron chi connectivity index (χ4n) is 1.54. The normalized spacial score (nSPS) is 10.5. The number of hydrogen-bond donors (Lipinski definition) is 1. The van der Waals surface area contributed by atoms with E-state index in [2.05, 4.69) is 26.2 Å². The average Bonchev–Trinajstić information content (AvgIpc) is 2.78. The highest BCUT2D eigenvalue weighted by molar-refractivity contribution is 9.10. The van der Waals surface area contributed by atoms with E-state index in [9.17, 15) is 9.18 Å². The summed E-state index contributed by atoms with van der Waals surface area (Å²) in [4.78, 5) is 16.1. The minimum atomic E-state index is -0.441. The van der Waals surface area contributed by atoms with Crippen LogP contribution >= 0.6 is 27.3 Å². The molecule has 0 saturated carbocycles. The number of nitrogens with zero attached hydrogens (tertiary/aromatic N) is 1. The molecule has 1 N–H and O–H groups in total. The van der Waals surface area contributed by atoms with Crippen molar-refractivity contribution in [1.82, 2.24) is 10.3 Å². The van der Waals surface area contributed by atoms with E-state index in [0.29, 0.717) is 23.0 Å². The van der Waals surface area contributed by atoms with Gasteiger partial charge in [-0.1, -0.05) is 0 Å². The number of aromatic nitrogens is 1. The highest BCUT2D eigenvalue weighted by Crippen LogP contribution is 2.16. The predicted octanol–water partition coefficient (Wildman–Crippen LogP) is 3.33. The number of rotatable bonds is 4. The number of halogens is 2. The van der Waals surface area contributed by atoms with E-state index in [-0.39, 0.29) is 5.91 Å². The summed E-state index contributed by atoms with van der Waals surface area (Å²) < 4.78 is 13.6. The van der Waals surface area contributed by atoms with Gasteiger partial charge in [-0.05, 0) is 41.1 Å². The summed E-state index contributed by atoms with van der Waals surface area (Å²) in [6, 6.07) is 4.32. The van der Waals surface area contributed by atoms with Gasteiger partial charge >= 0.3 is 0 Å². The fraction of sp³-hybridized carbons (Fsp3) is 0.231. The second-order valence-corrected chi connectivity index (χ2v) is 5.81. The summed E-state index contributed by atoms with van der Waals surface area (Å²) in [6.07, 6.45) is 0.684. The number of amides is 1. The maximum Gasteiger partial charge on any atom is 0.251 e.